The Kier molecular flexibility index (Phi) is 4.36. The minimum atomic E-state index is 0.0386. The van der Waals surface area contributed by atoms with Crippen LogP contribution in [0.5, 0.6) is 0 Å². The van der Waals surface area contributed by atoms with Crippen LogP contribution in [0.3, 0.4) is 0 Å². The molecule has 1 amide bonds. The highest BCUT2D eigenvalue weighted by Crippen LogP contribution is 2.35. The van der Waals surface area contributed by atoms with Gasteiger partial charge >= 0.3 is 0 Å². The maximum atomic E-state index is 12.0. The van der Waals surface area contributed by atoms with E-state index in [1.54, 1.807) is 0 Å². The first-order valence-electron chi connectivity index (χ1n) is 6.88. The maximum Gasteiger partial charge on any atom is 0.251 e. The summed E-state index contributed by atoms with van der Waals surface area (Å²) in [6, 6.07) is 12.5. The van der Waals surface area contributed by atoms with Crippen molar-refractivity contribution in [1.82, 2.24) is 5.32 Å². The molecule has 2 aromatic rings. The molecular weight excluding hydrogens is 441 g/mol. The molecule has 2 nitrogen and oxygen atoms in total. The summed E-state index contributed by atoms with van der Waals surface area (Å²) in [5, 5.41) is 2.91. The first-order chi connectivity index (χ1) is 10.1. The third-order valence-corrected chi connectivity index (χ3v) is 6.34. The van der Waals surface area contributed by atoms with Crippen molar-refractivity contribution in [1.29, 1.82) is 0 Å². The summed E-state index contributed by atoms with van der Waals surface area (Å²) in [5.74, 6) is 0.0386. The standard InChI is InChI=1S/C17H15BrINO/c1-10-3-2-4-13(16(10)19)15(18)12-6-5-11-7-8-20-17(21)14(11)9-12/h2-6,9,15H,7-8H2,1H3,(H,20,21). The van der Waals surface area contributed by atoms with Gasteiger partial charge in [0.05, 0.1) is 4.83 Å². The molecule has 1 aliphatic heterocycles. The fourth-order valence-corrected chi connectivity index (χ4v) is 4.40. The summed E-state index contributed by atoms with van der Waals surface area (Å²) in [6.45, 7) is 2.85. The predicted molar refractivity (Wildman–Crippen MR) is 97.1 cm³/mol. The normalized spacial score (nSPS) is 15.3. The number of carbonyl (C=O) groups is 1. The van der Waals surface area contributed by atoms with Crippen molar-refractivity contribution in [3.63, 3.8) is 0 Å². The molecule has 0 aromatic heterocycles. The lowest BCUT2D eigenvalue weighted by Crippen LogP contribution is -2.31. The van der Waals surface area contributed by atoms with E-state index in [0.29, 0.717) is 0 Å². The second kappa shape index (κ2) is 6.08. The highest BCUT2D eigenvalue weighted by Gasteiger charge is 2.20. The van der Waals surface area contributed by atoms with Crippen molar-refractivity contribution in [3.05, 3.63) is 67.8 Å². The van der Waals surface area contributed by atoms with E-state index in [-0.39, 0.29) is 10.7 Å². The Labute approximate surface area is 146 Å². The first-order valence-corrected chi connectivity index (χ1v) is 8.87. The van der Waals surface area contributed by atoms with E-state index in [1.807, 2.05) is 6.07 Å². The zero-order valence-electron chi connectivity index (χ0n) is 11.6. The molecule has 21 heavy (non-hydrogen) atoms. The monoisotopic (exact) mass is 455 g/mol. The molecule has 0 aliphatic carbocycles. The SMILES string of the molecule is Cc1cccc(C(Br)c2ccc3c(c2)C(=O)NCC3)c1I. The van der Waals surface area contributed by atoms with Crippen molar-refractivity contribution >= 4 is 44.4 Å². The smallest absolute Gasteiger partial charge is 0.251 e. The van der Waals surface area contributed by atoms with Crippen LogP contribution in [0.4, 0.5) is 0 Å². The molecule has 108 valence electrons. The number of hydrogen-bond acceptors (Lipinski definition) is 1. The molecule has 0 saturated carbocycles. The van der Waals surface area contributed by atoms with E-state index in [1.165, 1.54) is 14.7 Å². The molecule has 1 aliphatic rings. The summed E-state index contributed by atoms with van der Waals surface area (Å²) >= 11 is 6.18. The van der Waals surface area contributed by atoms with E-state index in [0.717, 1.165) is 29.7 Å². The van der Waals surface area contributed by atoms with Crippen LogP contribution >= 0.6 is 38.5 Å². The van der Waals surface area contributed by atoms with Crippen molar-refractivity contribution in [3.8, 4) is 0 Å². The number of hydrogen-bond donors (Lipinski definition) is 1. The highest BCUT2D eigenvalue weighted by atomic mass is 127. The van der Waals surface area contributed by atoms with Gasteiger partial charge in [0.15, 0.2) is 0 Å². The maximum absolute atomic E-state index is 12.0. The minimum Gasteiger partial charge on any atom is -0.352 e. The summed E-state index contributed by atoms with van der Waals surface area (Å²) in [5.41, 5.74) is 5.58. The third-order valence-electron chi connectivity index (χ3n) is 3.85. The molecule has 1 N–H and O–H groups in total. The molecule has 1 unspecified atom stereocenters. The number of carbonyl (C=O) groups excluding carboxylic acids is 1. The number of benzene rings is 2. The molecule has 1 heterocycles. The fraction of sp³-hybridized carbons (Fsp3) is 0.235. The Hall–Kier alpha value is -0.880. The van der Waals surface area contributed by atoms with Gasteiger partial charge in [-0.2, -0.15) is 0 Å². The number of aryl methyl sites for hydroxylation is 1. The lowest BCUT2D eigenvalue weighted by atomic mass is 9.95. The van der Waals surface area contributed by atoms with E-state index >= 15 is 0 Å². The van der Waals surface area contributed by atoms with Gasteiger partial charge in [0.25, 0.3) is 5.91 Å². The van der Waals surface area contributed by atoms with Crippen LogP contribution in [0.25, 0.3) is 0 Å². The van der Waals surface area contributed by atoms with Gasteiger partial charge < -0.3 is 5.32 Å². The number of rotatable bonds is 2. The molecule has 1 atom stereocenters. The largest absolute Gasteiger partial charge is 0.352 e. The number of halogens is 2. The summed E-state index contributed by atoms with van der Waals surface area (Å²) in [7, 11) is 0. The third kappa shape index (κ3) is 2.88. The molecule has 0 fully saturated rings. The van der Waals surface area contributed by atoms with Crippen LogP contribution in [0.2, 0.25) is 0 Å². The number of fused-ring (bicyclic) bond motifs is 1. The zero-order valence-corrected chi connectivity index (χ0v) is 15.4. The van der Waals surface area contributed by atoms with Crippen molar-refractivity contribution in [2.75, 3.05) is 6.54 Å². The topological polar surface area (TPSA) is 29.1 Å². The minimum absolute atomic E-state index is 0.0386. The van der Waals surface area contributed by atoms with E-state index in [9.17, 15) is 4.79 Å². The zero-order chi connectivity index (χ0) is 15.0. The second-order valence-electron chi connectivity index (χ2n) is 5.26. The van der Waals surface area contributed by atoms with Gasteiger partial charge in [-0.1, -0.05) is 46.3 Å². The molecule has 0 saturated heterocycles. The number of nitrogens with one attached hydrogen (secondary N) is 1. The van der Waals surface area contributed by atoms with Crippen LogP contribution in [0.15, 0.2) is 36.4 Å². The molecule has 0 radical (unpaired) electrons. The van der Waals surface area contributed by atoms with E-state index in [2.05, 4.69) is 81.1 Å². The predicted octanol–water partition coefficient (Wildman–Crippen LogP) is 4.37. The van der Waals surface area contributed by atoms with Gasteiger partial charge in [-0.15, -0.1) is 0 Å². The van der Waals surface area contributed by atoms with Crippen LogP contribution in [-0.2, 0) is 6.42 Å². The van der Waals surface area contributed by atoms with E-state index in [4.69, 9.17) is 0 Å². The Morgan fingerprint density at radius 2 is 2.10 bits per heavy atom. The second-order valence-corrected chi connectivity index (χ2v) is 7.26. The van der Waals surface area contributed by atoms with Gasteiger partial charge in [-0.25, -0.2) is 0 Å². The Morgan fingerprint density at radius 3 is 2.90 bits per heavy atom. The number of amides is 1. The Bertz CT molecular complexity index is 714. The van der Waals surface area contributed by atoms with Gasteiger partial charge in [0, 0.05) is 15.7 Å². The Balaban J connectivity index is 2.02. The van der Waals surface area contributed by atoms with Crippen LogP contribution in [0, 0.1) is 10.5 Å². The summed E-state index contributed by atoms with van der Waals surface area (Å²) in [6.07, 6.45) is 0.913. The molecule has 4 heteroatoms. The van der Waals surface area contributed by atoms with Crippen molar-refractivity contribution in [2.24, 2.45) is 0 Å². The Morgan fingerprint density at radius 1 is 1.29 bits per heavy atom. The first kappa shape index (κ1) is 15.0. The summed E-state index contributed by atoms with van der Waals surface area (Å²) in [4.78, 5) is 12.1. The number of alkyl halides is 1. The van der Waals surface area contributed by atoms with Crippen LogP contribution < -0.4 is 5.32 Å². The van der Waals surface area contributed by atoms with Crippen LogP contribution in [0.1, 0.15) is 37.4 Å². The van der Waals surface area contributed by atoms with Gasteiger partial charge in [0.1, 0.15) is 0 Å². The molecule has 0 bridgehead atoms. The summed E-state index contributed by atoms with van der Waals surface area (Å²) < 4.78 is 1.26. The lowest BCUT2D eigenvalue weighted by molar-refractivity contribution is 0.0946. The van der Waals surface area contributed by atoms with Crippen molar-refractivity contribution in [2.45, 2.75) is 18.2 Å². The average Bonchev–Trinajstić information content (AvgIpc) is 2.49. The molecule has 0 spiro atoms. The van der Waals surface area contributed by atoms with Crippen LogP contribution in [-0.4, -0.2) is 12.5 Å². The van der Waals surface area contributed by atoms with E-state index < -0.39 is 0 Å². The van der Waals surface area contributed by atoms with Gasteiger partial charge in [0.2, 0.25) is 0 Å². The quantitative estimate of drug-likeness (QED) is 0.528. The van der Waals surface area contributed by atoms with Gasteiger partial charge in [-0.05, 0) is 64.3 Å². The highest BCUT2D eigenvalue weighted by molar-refractivity contribution is 14.1. The van der Waals surface area contributed by atoms with Crippen molar-refractivity contribution < 1.29 is 4.79 Å². The fourth-order valence-electron chi connectivity index (χ4n) is 2.63. The molecular formula is C17H15BrINO. The molecule has 2 aromatic carbocycles. The lowest BCUT2D eigenvalue weighted by Gasteiger charge is -2.20. The van der Waals surface area contributed by atoms with Gasteiger partial charge in [-0.3, -0.25) is 4.79 Å². The average molecular weight is 456 g/mol. The molecule has 3 rings (SSSR count).